The molecule has 0 saturated heterocycles. The number of benzene rings is 2. The van der Waals surface area contributed by atoms with Gasteiger partial charge in [0.05, 0.1) is 12.2 Å². The van der Waals surface area contributed by atoms with Crippen LogP contribution in [0.5, 0.6) is 0 Å². The van der Waals surface area contributed by atoms with Gasteiger partial charge < -0.3 is 26.8 Å². The maximum Gasteiger partial charge on any atom is 0.303 e. The quantitative estimate of drug-likeness (QED) is 0.202. The molecule has 0 fully saturated rings. The fraction of sp³-hybridized carbons (Fsp3) is 0.200. The number of rotatable bonds is 9. The summed E-state index contributed by atoms with van der Waals surface area (Å²) in [6.45, 7) is -0.260. The van der Waals surface area contributed by atoms with Crippen LogP contribution < -0.4 is 21.7 Å². The van der Waals surface area contributed by atoms with Crippen molar-refractivity contribution in [1.29, 1.82) is 5.41 Å². The second kappa shape index (κ2) is 10.9. The first-order valence-corrected chi connectivity index (χ1v) is 10.2. The molecule has 0 heterocycles. The van der Waals surface area contributed by atoms with E-state index in [1.165, 1.54) is 17.8 Å². The highest BCUT2D eigenvalue weighted by Gasteiger charge is 2.14. The van der Waals surface area contributed by atoms with E-state index in [0.29, 0.717) is 22.5 Å². The maximum atomic E-state index is 12.4. The summed E-state index contributed by atoms with van der Waals surface area (Å²) < 4.78 is 0. The molecule has 10 heteroatoms. The first kappa shape index (κ1) is 22.8. The van der Waals surface area contributed by atoms with Crippen molar-refractivity contribution in [3.8, 4) is 0 Å². The standard InChI is InChI=1S/C20H23N5O4S/c1-30-15-7-3-4-12(8-9-17(27)28)18(15)25-16(26)11-23-19(29)13-5-2-6-14(10-13)24-20(21)22/h2-7,10H,8-9,11H2,1H3,(H,23,29)(H,25,26)(H,27,28)(H4,21,22,24). The zero-order valence-corrected chi connectivity index (χ0v) is 17.1. The molecule has 0 aliphatic rings. The van der Waals surface area contributed by atoms with E-state index in [-0.39, 0.29) is 25.3 Å². The second-order valence-electron chi connectivity index (χ2n) is 6.24. The van der Waals surface area contributed by atoms with Crippen LogP contribution in [0.3, 0.4) is 0 Å². The van der Waals surface area contributed by atoms with Gasteiger partial charge in [0.1, 0.15) is 0 Å². The molecule has 0 aromatic heterocycles. The Morgan fingerprint density at radius 2 is 1.87 bits per heavy atom. The average Bonchev–Trinajstić information content (AvgIpc) is 2.70. The van der Waals surface area contributed by atoms with Crippen molar-refractivity contribution in [3.63, 3.8) is 0 Å². The Bertz CT molecular complexity index is 964. The largest absolute Gasteiger partial charge is 0.481 e. The number of aliphatic carboxylic acids is 1. The van der Waals surface area contributed by atoms with E-state index < -0.39 is 17.8 Å². The number of nitrogens with two attached hydrogens (primary N) is 1. The van der Waals surface area contributed by atoms with Gasteiger partial charge in [0.25, 0.3) is 5.91 Å². The molecule has 158 valence electrons. The van der Waals surface area contributed by atoms with Crippen molar-refractivity contribution in [1.82, 2.24) is 5.32 Å². The summed E-state index contributed by atoms with van der Waals surface area (Å²) in [5, 5.41) is 24.1. The number of carbonyl (C=O) groups excluding carboxylic acids is 2. The van der Waals surface area contributed by atoms with Crippen LogP contribution >= 0.6 is 11.8 Å². The van der Waals surface area contributed by atoms with Crippen LogP contribution in [0.25, 0.3) is 0 Å². The Morgan fingerprint density at radius 3 is 2.53 bits per heavy atom. The van der Waals surface area contributed by atoms with Crippen LogP contribution in [-0.2, 0) is 16.0 Å². The number of thioether (sulfide) groups is 1. The lowest BCUT2D eigenvalue weighted by atomic mass is 10.1. The third-order valence-corrected chi connectivity index (χ3v) is 4.80. The summed E-state index contributed by atoms with van der Waals surface area (Å²) in [4.78, 5) is 36.4. The Labute approximate surface area is 177 Å². The van der Waals surface area contributed by atoms with E-state index in [9.17, 15) is 14.4 Å². The van der Waals surface area contributed by atoms with E-state index in [0.717, 1.165) is 4.90 Å². The minimum absolute atomic E-state index is 0.0535. The van der Waals surface area contributed by atoms with Crippen LogP contribution in [0, 0.1) is 5.41 Å². The summed E-state index contributed by atoms with van der Waals surface area (Å²) in [6.07, 6.45) is 2.08. The molecule has 9 nitrogen and oxygen atoms in total. The van der Waals surface area contributed by atoms with Crippen molar-refractivity contribution in [2.75, 3.05) is 23.4 Å². The number of carbonyl (C=O) groups is 3. The molecule has 2 aromatic rings. The van der Waals surface area contributed by atoms with Gasteiger partial charge in [-0.25, -0.2) is 0 Å². The Kier molecular flexibility index (Phi) is 8.24. The topological polar surface area (TPSA) is 157 Å². The molecular formula is C20H23N5O4S. The van der Waals surface area contributed by atoms with Crippen molar-refractivity contribution in [2.24, 2.45) is 5.73 Å². The summed E-state index contributed by atoms with van der Waals surface area (Å²) >= 11 is 1.43. The Morgan fingerprint density at radius 1 is 1.13 bits per heavy atom. The summed E-state index contributed by atoms with van der Waals surface area (Å²) in [5.41, 5.74) is 7.34. The number of nitrogens with one attached hydrogen (secondary N) is 4. The number of amides is 2. The predicted octanol–water partition coefficient (Wildman–Crippen LogP) is 2.10. The molecule has 0 aliphatic carbocycles. The van der Waals surface area contributed by atoms with Crippen molar-refractivity contribution in [3.05, 3.63) is 53.6 Å². The molecule has 7 N–H and O–H groups in total. The summed E-state index contributed by atoms with van der Waals surface area (Å²) in [7, 11) is 0. The maximum absolute atomic E-state index is 12.4. The number of aryl methyl sites for hydroxylation is 1. The van der Waals surface area contributed by atoms with Gasteiger partial charge in [-0.1, -0.05) is 18.2 Å². The molecule has 30 heavy (non-hydrogen) atoms. The number of para-hydroxylation sites is 1. The lowest BCUT2D eigenvalue weighted by Crippen LogP contribution is -2.33. The molecule has 2 amide bonds. The average molecular weight is 430 g/mol. The first-order chi connectivity index (χ1) is 14.3. The fourth-order valence-electron chi connectivity index (χ4n) is 2.68. The minimum atomic E-state index is -0.921. The van der Waals surface area contributed by atoms with E-state index >= 15 is 0 Å². The highest BCUT2D eigenvalue weighted by molar-refractivity contribution is 7.98. The zero-order valence-electron chi connectivity index (χ0n) is 16.3. The number of guanidine groups is 1. The van der Waals surface area contributed by atoms with Gasteiger partial charge in [0.15, 0.2) is 5.96 Å². The molecule has 0 bridgehead atoms. The molecule has 0 spiro atoms. The van der Waals surface area contributed by atoms with Gasteiger partial charge in [-0.3, -0.25) is 19.8 Å². The molecular weight excluding hydrogens is 406 g/mol. The highest BCUT2D eigenvalue weighted by Crippen LogP contribution is 2.29. The zero-order chi connectivity index (χ0) is 22.1. The predicted molar refractivity (Wildman–Crippen MR) is 117 cm³/mol. The number of hydrogen-bond donors (Lipinski definition) is 6. The Balaban J connectivity index is 2.03. The van der Waals surface area contributed by atoms with Crippen LogP contribution in [0.2, 0.25) is 0 Å². The van der Waals surface area contributed by atoms with Gasteiger partial charge in [0.2, 0.25) is 5.91 Å². The number of carboxylic acids is 1. The van der Waals surface area contributed by atoms with E-state index in [1.54, 1.807) is 24.3 Å². The number of hydrogen-bond acceptors (Lipinski definition) is 5. The van der Waals surface area contributed by atoms with Crippen LogP contribution in [-0.4, -0.2) is 41.7 Å². The van der Waals surface area contributed by atoms with Gasteiger partial charge in [-0.05, 0) is 42.5 Å². The monoisotopic (exact) mass is 429 g/mol. The van der Waals surface area contributed by atoms with E-state index in [2.05, 4.69) is 16.0 Å². The fourth-order valence-corrected chi connectivity index (χ4v) is 3.28. The van der Waals surface area contributed by atoms with Crippen molar-refractivity contribution < 1.29 is 19.5 Å². The molecule has 0 saturated carbocycles. The Hall–Kier alpha value is -3.53. The first-order valence-electron chi connectivity index (χ1n) is 8.97. The summed E-state index contributed by atoms with van der Waals surface area (Å²) in [6, 6.07) is 11.8. The third-order valence-electron chi connectivity index (χ3n) is 4.02. The van der Waals surface area contributed by atoms with Gasteiger partial charge >= 0.3 is 5.97 Å². The molecule has 0 atom stereocenters. The van der Waals surface area contributed by atoms with Crippen molar-refractivity contribution in [2.45, 2.75) is 17.7 Å². The lowest BCUT2D eigenvalue weighted by Gasteiger charge is -2.15. The third kappa shape index (κ3) is 6.82. The van der Waals surface area contributed by atoms with Crippen LogP contribution in [0.1, 0.15) is 22.3 Å². The summed E-state index contributed by atoms with van der Waals surface area (Å²) in [5.74, 6) is -2.06. The smallest absolute Gasteiger partial charge is 0.303 e. The normalized spacial score (nSPS) is 10.2. The SMILES string of the molecule is CSc1cccc(CCC(=O)O)c1NC(=O)CNC(=O)c1cccc(NC(=N)N)c1. The molecule has 0 aliphatic heterocycles. The number of carboxylic acid groups (broad SMARTS) is 1. The van der Waals surface area contributed by atoms with Crippen molar-refractivity contribution >= 4 is 46.9 Å². The highest BCUT2D eigenvalue weighted by atomic mass is 32.2. The van der Waals surface area contributed by atoms with E-state index in [4.69, 9.17) is 16.2 Å². The number of anilines is 2. The van der Waals surface area contributed by atoms with E-state index in [1.807, 2.05) is 18.4 Å². The molecule has 2 rings (SSSR count). The van der Waals surface area contributed by atoms with Gasteiger partial charge in [0, 0.05) is 22.6 Å². The van der Waals surface area contributed by atoms with Gasteiger partial charge in [-0.2, -0.15) is 0 Å². The van der Waals surface area contributed by atoms with Gasteiger partial charge in [-0.15, -0.1) is 11.8 Å². The minimum Gasteiger partial charge on any atom is -0.481 e. The molecule has 0 radical (unpaired) electrons. The van der Waals surface area contributed by atoms with Crippen LogP contribution in [0.4, 0.5) is 11.4 Å². The molecule has 2 aromatic carbocycles. The lowest BCUT2D eigenvalue weighted by molar-refractivity contribution is -0.137. The molecule has 0 unspecified atom stereocenters. The van der Waals surface area contributed by atoms with Crippen LogP contribution in [0.15, 0.2) is 47.4 Å². The second-order valence-corrected chi connectivity index (χ2v) is 7.09.